The van der Waals surface area contributed by atoms with Crippen molar-refractivity contribution in [3.8, 4) is 0 Å². The molecule has 7 heteroatoms. The molecule has 0 unspecified atom stereocenters. The minimum atomic E-state index is -4.26. The summed E-state index contributed by atoms with van der Waals surface area (Å²) in [6.07, 6.45) is -4.26. The van der Waals surface area contributed by atoms with Crippen molar-refractivity contribution in [1.82, 2.24) is 0 Å². The molecule has 0 heterocycles. The molecular formula is C13H16F3NO2S. The predicted molar refractivity (Wildman–Crippen MR) is 72.9 cm³/mol. The topological polar surface area (TPSA) is 38.3 Å². The van der Waals surface area contributed by atoms with Crippen LogP contribution in [0, 0.1) is 0 Å². The van der Waals surface area contributed by atoms with Crippen molar-refractivity contribution in [3.05, 3.63) is 24.3 Å². The summed E-state index contributed by atoms with van der Waals surface area (Å²) in [6, 6.07) is 6.36. The van der Waals surface area contributed by atoms with Crippen molar-refractivity contribution in [2.24, 2.45) is 0 Å². The lowest BCUT2D eigenvalue weighted by atomic mass is 10.1. The van der Waals surface area contributed by atoms with Gasteiger partial charge in [0, 0.05) is 12.0 Å². The fourth-order valence-corrected chi connectivity index (χ4v) is 1.99. The van der Waals surface area contributed by atoms with E-state index in [-0.39, 0.29) is 0 Å². The Balaban J connectivity index is 2.83. The Morgan fingerprint density at radius 1 is 1.30 bits per heavy atom. The fourth-order valence-electron chi connectivity index (χ4n) is 1.22. The zero-order chi connectivity index (χ0) is 15.4. The molecule has 1 N–H and O–H groups in total. The van der Waals surface area contributed by atoms with E-state index in [2.05, 4.69) is 5.32 Å². The van der Waals surface area contributed by atoms with Gasteiger partial charge >= 0.3 is 6.18 Å². The quantitative estimate of drug-likeness (QED) is 0.843. The molecule has 0 aliphatic rings. The number of nitrogens with one attached hydrogen (secondary N) is 1. The zero-order valence-corrected chi connectivity index (χ0v) is 12.2. The molecule has 0 aromatic heterocycles. The van der Waals surface area contributed by atoms with Gasteiger partial charge in [-0.3, -0.25) is 4.79 Å². The van der Waals surface area contributed by atoms with Crippen molar-refractivity contribution in [3.63, 3.8) is 0 Å². The van der Waals surface area contributed by atoms with Crippen molar-refractivity contribution in [2.45, 2.75) is 30.5 Å². The molecule has 1 amide bonds. The number of hydrogen-bond donors (Lipinski definition) is 1. The number of benzene rings is 1. The highest BCUT2D eigenvalue weighted by atomic mass is 32.2. The first-order valence-electron chi connectivity index (χ1n) is 5.81. The third-order valence-corrected chi connectivity index (χ3v) is 3.72. The van der Waals surface area contributed by atoms with Crippen molar-refractivity contribution < 1.29 is 22.7 Å². The lowest BCUT2D eigenvalue weighted by Gasteiger charge is -2.22. The SMILES string of the molecule is COC(C)(C)C(=O)Nc1ccccc1SCC(F)(F)F. The Hall–Kier alpha value is -1.21. The molecule has 20 heavy (non-hydrogen) atoms. The van der Waals surface area contributed by atoms with Gasteiger partial charge in [-0.2, -0.15) is 13.2 Å². The molecule has 0 aliphatic carbocycles. The van der Waals surface area contributed by atoms with E-state index in [4.69, 9.17) is 4.74 Å². The maximum Gasteiger partial charge on any atom is 0.398 e. The van der Waals surface area contributed by atoms with E-state index in [9.17, 15) is 18.0 Å². The Morgan fingerprint density at radius 3 is 2.45 bits per heavy atom. The van der Waals surface area contributed by atoms with E-state index in [1.165, 1.54) is 13.2 Å². The summed E-state index contributed by atoms with van der Waals surface area (Å²) in [5, 5.41) is 2.59. The lowest BCUT2D eigenvalue weighted by Crippen LogP contribution is -2.38. The van der Waals surface area contributed by atoms with E-state index in [0.29, 0.717) is 22.3 Å². The maximum absolute atomic E-state index is 12.3. The van der Waals surface area contributed by atoms with Crippen LogP contribution in [0.5, 0.6) is 0 Å². The van der Waals surface area contributed by atoms with Crippen LogP contribution in [0.4, 0.5) is 18.9 Å². The van der Waals surface area contributed by atoms with Crippen LogP contribution in [0.2, 0.25) is 0 Å². The summed E-state index contributed by atoms with van der Waals surface area (Å²) in [5.41, 5.74) is -0.709. The minimum absolute atomic E-state index is 0.344. The number of halogens is 3. The number of anilines is 1. The van der Waals surface area contributed by atoms with Gasteiger partial charge in [0.15, 0.2) is 0 Å². The fraction of sp³-hybridized carbons (Fsp3) is 0.462. The molecule has 0 radical (unpaired) electrons. The highest BCUT2D eigenvalue weighted by Crippen LogP contribution is 2.32. The smallest absolute Gasteiger partial charge is 0.369 e. The number of rotatable bonds is 5. The molecule has 1 rings (SSSR count). The standard InChI is InChI=1S/C13H16F3NO2S/c1-12(2,19-3)11(18)17-9-6-4-5-7-10(9)20-8-13(14,15)16/h4-7H,8H2,1-3H3,(H,17,18). The van der Waals surface area contributed by atoms with Gasteiger partial charge in [-0.05, 0) is 26.0 Å². The Bertz CT molecular complexity index is 475. The first kappa shape index (κ1) is 16.8. The van der Waals surface area contributed by atoms with Crippen LogP contribution in [0.3, 0.4) is 0 Å². The van der Waals surface area contributed by atoms with Crippen LogP contribution < -0.4 is 5.32 Å². The number of hydrogen-bond acceptors (Lipinski definition) is 3. The van der Waals surface area contributed by atoms with Gasteiger partial charge in [0.05, 0.1) is 11.4 Å². The average molecular weight is 307 g/mol. The summed E-state index contributed by atoms with van der Waals surface area (Å²) >= 11 is 0.634. The summed E-state index contributed by atoms with van der Waals surface area (Å²) in [6.45, 7) is 3.15. The van der Waals surface area contributed by atoms with Crippen LogP contribution in [0.25, 0.3) is 0 Å². The highest BCUT2D eigenvalue weighted by molar-refractivity contribution is 7.99. The van der Waals surface area contributed by atoms with E-state index in [1.54, 1.807) is 32.0 Å². The van der Waals surface area contributed by atoms with Crippen molar-refractivity contribution >= 4 is 23.4 Å². The normalized spacial score (nSPS) is 12.3. The molecule has 0 atom stereocenters. The molecule has 0 saturated heterocycles. The van der Waals surface area contributed by atoms with E-state index >= 15 is 0 Å². The van der Waals surface area contributed by atoms with Crippen LogP contribution >= 0.6 is 11.8 Å². The molecular weight excluding hydrogens is 291 g/mol. The second-order valence-corrected chi connectivity index (χ2v) is 5.59. The number of amides is 1. The lowest BCUT2D eigenvalue weighted by molar-refractivity contribution is -0.133. The number of carbonyl (C=O) groups excluding carboxylic acids is 1. The predicted octanol–water partition coefficient (Wildman–Crippen LogP) is 3.70. The second-order valence-electron chi connectivity index (χ2n) is 4.57. The van der Waals surface area contributed by atoms with Gasteiger partial charge < -0.3 is 10.1 Å². The van der Waals surface area contributed by atoms with Crippen LogP contribution in [-0.2, 0) is 9.53 Å². The van der Waals surface area contributed by atoms with Crippen LogP contribution in [0.1, 0.15) is 13.8 Å². The van der Waals surface area contributed by atoms with Crippen LogP contribution in [0.15, 0.2) is 29.2 Å². The monoisotopic (exact) mass is 307 g/mol. The summed E-state index contributed by atoms with van der Waals surface area (Å²) in [4.78, 5) is 12.3. The maximum atomic E-state index is 12.3. The highest BCUT2D eigenvalue weighted by Gasteiger charge is 2.29. The molecule has 112 valence electrons. The molecule has 1 aromatic rings. The first-order chi connectivity index (χ1) is 9.15. The summed E-state index contributed by atoms with van der Waals surface area (Å²) in [7, 11) is 1.39. The van der Waals surface area contributed by atoms with E-state index < -0.39 is 23.4 Å². The number of methoxy groups -OCH3 is 1. The second kappa shape index (κ2) is 6.49. The van der Waals surface area contributed by atoms with E-state index in [1.807, 2.05) is 0 Å². The number of alkyl halides is 3. The van der Waals surface area contributed by atoms with Gasteiger partial charge in [0.1, 0.15) is 5.60 Å². The summed E-state index contributed by atoms with van der Waals surface area (Å²) < 4.78 is 41.8. The minimum Gasteiger partial charge on any atom is -0.369 e. The molecule has 0 aliphatic heterocycles. The molecule has 0 fully saturated rings. The summed E-state index contributed by atoms with van der Waals surface area (Å²) in [5.74, 6) is -1.42. The third-order valence-electron chi connectivity index (χ3n) is 2.58. The average Bonchev–Trinajstić information content (AvgIpc) is 2.36. The van der Waals surface area contributed by atoms with E-state index in [0.717, 1.165) is 0 Å². The van der Waals surface area contributed by atoms with Gasteiger partial charge in [-0.1, -0.05) is 12.1 Å². The largest absolute Gasteiger partial charge is 0.398 e. The number of thioether (sulfide) groups is 1. The van der Waals surface area contributed by atoms with Gasteiger partial charge in [0.2, 0.25) is 0 Å². The molecule has 3 nitrogen and oxygen atoms in total. The molecule has 0 spiro atoms. The molecule has 1 aromatic carbocycles. The Kier molecular flexibility index (Phi) is 5.47. The molecule has 0 saturated carbocycles. The van der Waals surface area contributed by atoms with Gasteiger partial charge in [-0.25, -0.2) is 0 Å². The van der Waals surface area contributed by atoms with Crippen molar-refractivity contribution in [1.29, 1.82) is 0 Å². The van der Waals surface area contributed by atoms with Gasteiger partial charge in [-0.15, -0.1) is 11.8 Å². The third kappa shape index (κ3) is 5.05. The first-order valence-corrected chi connectivity index (χ1v) is 6.79. The van der Waals surface area contributed by atoms with Crippen molar-refractivity contribution in [2.75, 3.05) is 18.2 Å². The molecule has 0 bridgehead atoms. The number of para-hydroxylation sites is 1. The Morgan fingerprint density at radius 2 is 1.90 bits per heavy atom. The van der Waals surface area contributed by atoms with Crippen LogP contribution in [-0.4, -0.2) is 30.5 Å². The number of carbonyl (C=O) groups is 1. The van der Waals surface area contributed by atoms with Gasteiger partial charge in [0.25, 0.3) is 5.91 Å². The Labute approximate surface area is 119 Å². The zero-order valence-electron chi connectivity index (χ0n) is 11.4. The number of ether oxygens (including phenoxy) is 1.